The molecule has 0 aromatic heterocycles. The molecule has 2 aliphatic rings. The molecule has 0 bridgehead atoms. The van der Waals surface area contributed by atoms with Gasteiger partial charge in [0.15, 0.2) is 0 Å². The Morgan fingerprint density at radius 3 is 1.80 bits per heavy atom. The van der Waals surface area contributed by atoms with Crippen molar-refractivity contribution in [2.45, 2.75) is 42.9 Å². The molecule has 2 unspecified atom stereocenters. The number of anilines is 2. The van der Waals surface area contributed by atoms with Crippen LogP contribution in [0, 0.1) is 0 Å². The van der Waals surface area contributed by atoms with Gasteiger partial charge in [0.1, 0.15) is 0 Å². The van der Waals surface area contributed by atoms with Crippen LogP contribution in [0.3, 0.4) is 0 Å². The standard InChI is InChI=1S/C48H39NS/c1-47-28-12-13-29-48(47,50-2)43-30-35(22-27-44(43)49(47)36-18-10-5-11-19-36)42-31-41(33-16-8-4-9-17-33)39-24-21-34-20-23-37(32-14-6-3-7-15-32)38-25-26-40(42)46(39)45(34)38/h3-11,14-27,30-31H,12-13,28-29H2,1-2H3. The van der Waals surface area contributed by atoms with Gasteiger partial charge in [-0.15, -0.1) is 0 Å². The van der Waals surface area contributed by atoms with E-state index < -0.39 is 0 Å². The number of rotatable bonds is 5. The maximum absolute atomic E-state index is 2.69. The summed E-state index contributed by atoms with van der Waals surface area (Å²) in [5, 5.41) is 7.97. The van der Waals surface area contributed by atoms with E-state index in [1.54, 1.807) is 0 Å². The zero-order valence-corrected chi connectivity index (χ0v) is 29.4. The molecule has 50 heavy (non-hydrogen) atoms. The summed E-state index contributed by atoms with van der Waals surface area (Å²) in [6.45, 7) is 2.53. The van der Waals surface area contributed by atoms with Gasteiger partial charge in [0, 0.05) is 11.4 Å². The van der Waals surface area contributed by atoms with E-state index in [9.17, 15) is 0 Å². The maximum atomic E-state index is 2.69. The summed E-state index contributed by atoms with van der Waals surface area (Å²) in [7, 11) is 0. The van der Waals surface area contributed by atoms with Gasteiger partial charge in [-0.2, -0.15) is 11.8 Å². The van der Waals surface area contributed by atoms with Crippen molar-refractivity contribution in [1.82, 2.24) is 0 Å². The van der Waals surface area contributed by atoms with Crippen LogP contribution in [-0.4, -0.2) is 11.8 Å². The minimum absolute atomic E-state index is 0.00132. The maximum Gasteiger partial charge on any atom is 0.0658 e. The number of hydrogen-bond acceptors (Lipinski definition) is 2. The molecule has 2 atom stereocenters. The molecule has 1 fully saturated rings. The fourth-order valence-corrected chi connectivity index (χ4v) is 11.2. The number of fused-ring (bicyclic) bond motifs is 3. The Bertz CT molecular complexity index is 2540. The molecule has 0 saturated heterocycles. The Balaban J connectivity index is 1.28. The zero-order valence-electron chi connectivity index (χ0n) is 28.6. The third-order valence-corrected chi connectivity index (χ3v) is 13.7. The number of hydrogen-bond donors (Lipinski definition) is 0. The molecule has 0 amide bonds. The summed E-state index contributed by atoms with van der Waals surface area (Å²) in [6, 6.07) is 56.9. The molecule has 1 nitrogen and oxygen atoms in total. The van der Waals surface area contributed by atoms with E-state index in [0.717, 1.165) is 0 Å². The number of para-hydroxylation sites is 1. The highest BCUT2D eigenvalue weighted by atomic mass is 32.2. The number of nitrogens with zero attached hydrogens (tertiary/aromatic N) is 1. The first-order chi connectivity index (χ1) is 24.6. The van der Waals surface area contributed by atoms with Crippen molar-refractivity contribution >= 4 is 55.5 Å². The predicted molar refractivity (Wildman–Crippen MR) is 217 cm³/mol. The normalized spacial score (nSPS) is 20.1. The third kappa shape index (κ3) is 4.09. The molecule has 1 saturated carbocycles. The molecule has 1 aliphatic carbocycles. The molecular weight excluding hydrogens is 623 g/mol. The lowest BCUT2D eigenvalue weighted by atomic mass is 9.71. The van der Waals surface area contributed by atoms with Gasteiger partial charge in [0.2, 0.25) is 0 Å². The van der Waals surface area contributed by atoms with Gasteiger partial charge >= 0.3 is 0 Å². The summed E-state index contributed by atoms with van der Waals surface area (Å²) in [5.41, 5.74) is 11.9. The van der Waals surface area contributed by atoms with Gasteiger partial charge < -0.3 is 4.90 Å². The summed E-state index contributed by atoms with van der Waals surface area (Å²) >= 11 is 2.08. The monoisotopic (exact) mass is 661 g/mol. The van der Waals surface area contributed by atoms with Crippen LogP contribution in [0.5, 0.6) is 0 Å². The Kier molecular flexibility index (Phi) is 6.70. The summed E-state index contributed by atoms with van der Waals surface area (Å²) in [5.74, 6) is 0. The topological polar surface area (TPSA) is 3.24 Å². The smallest absolute Gasteiger partial charge is 0.0658 e. The molecule has 1 aliphatic heterocycles. The van der Waals surface area contributed by atoms with Crippen molar-refractivity contribution in [2.24, 2.45) is 0 Å². The van der Waals surface area contributed by atoms with Crippen LogP contribution in [0.25, 0.3) is 65.7 Å². The first kappa shape index (κ1) is 29.8. The number of thioether (sulfide) groups is 1. The van der Waals surface area contributed by atoms with Crippen LogP contribution < -0.4 is 4.90 Å². The van der Waals surface area contributed by atoms with Gasteiger partial charge in [0.25, 0.3) is 0 Å². The number of benzene rings is 8. The Morgan fingerprint density at radius 1 is 0.520 bits per heavy atom. The van der Waals surface area contributed by atoms with Crippen LogP contribution in [0.1, 0.15) is 38.2 Å². The highest BCUT2D eigenvalue weighted by Gasteiger charge is 2.60. The van der Waals surface area contributed by atoms with Crippen molar-refractivity contribution in [3.8, 4) is 33.4 Å². The molecule has 0 radical (unpaired) electrons. The quantitative estimate of drug-likeness (QED) is 0.169. The van der Waals surface area contributed by atoms with E-state index in [-0.39, 0.29) is 10.3 Å². The zero-order chi connectivity index (χ0) is 33.5. The minimum atomic E-state index is -0.00132. The van der Waals surface area contributed by atoms with Crippen LogP contribution >= 0.6 is 11.8 Å². The first-order valence-corrected chi connectivity index (χ1v) is 19.2. The van der Waals surface area contributed by atoms with Crippen LogP contribution in [0.15, 0.2) is 152 Å². The lowest BCUT2D eigenvalue weighted by Crippen LogP contribution is -2.54. The molecule has 0 spiro atoms. The molecule has 8 aromatic rings. The minimum Gasteiger partial charge on any atom is -0.334 e. The van der Waals surface area contributed by atoms with E-state index >= 15 is 0 Å². The molecule has 2 heteroatoms. The van der Waals surface area contributed by atoms with E-state index in [4.69, 9.17) is 0 Å². The van der Waals surface area contributed by atoms with Crippen molar-refractivity contribution in [2.75, 3.05) is 11.2 Å². The first-order valence-electron chi connectivity index (χ1n) is 18.0. The molecule has 1 heterocycles. The SMILES string of the molecule is CSC12CCCCC1(C)N(c1ccccc1)c1ccc(-c3cc(-c4ccccc4)c4ccc5ccc(-c6ccccc6)c6ccc3c4c56)cc12. The largest absolute Gasteiger partial charge is 0.334 e. The van der Waals surface area contributed by atoms with E-state index in [2.05, 4.69) is 182 Å². The van der Waals surface area contributed by atoms with E-state index in [0.29, 0.717) is 0 Å². The lowest BCUT2D eigenvalue weighted by Gasteiger charge is -2.51. The van der Waals surface area contributed by atoms with Gasteiger partial charge in [-0.3, -0.25) is 0 Å². The van der Waals surface area contributed by atoms with Crippen LogP contribution in [0.4, 0.5) is 11.4 Å². The Morgan fingerprint density at radius 2 is 1.10 bits per heavy atom. The summed E-state index contributed by atoms with van der Waals surface area (Å²) < 4.78 is 0.0169. The van der Waals surface area contributed by atoms with Gasteiger partial charge in [0.05, 0.1) is 10.3 Å². The second kappa shape index (κ2) is 11.2. The third-order valence-electron chi connectivity index (χ3n) is 12.1. The van der Waals surface area contributed by atoms with E-state index in [1.807, 2.05) is 0 Å². The molecule has 0 N–H and O–H groups in total. The van der Waals surface area contributed by atoms with Crippen LogP contribution in [-0.2, 0) is 4.75 Å². The van der Waals surface area contributed by atoms with Crippen molar-refractivity contribution in [3.05, 3.63) is 157 Å². The van der Waals surface area contributed by atoms with Gasteiger partial charge in [-0.25, -0.2) is 0 Å². The molecule has 242 valence electrons. The fourth-order valence-electron chi connectivity index (χ4n) is 9.81. The average molecular weight is 662 g/mol. The lowest BCUT2D eigenvalue weighted by molar-refractivity contribution is 0.262. The summed E-state index contributed by atoms with van der Waals surface area (Å²) in [4.78, 5) is 2.69. The van der Waals surface area contributed by atoms with Crippen molar-refractivity contribution in [3.63, 3.8) is 0 Å². The molecule has 10 rings (SSSR count). The van der Waals surface area contributed by atoms with E-state index in [1.165, 1.54) is 108 Å². The summed E-state index contributed by atoms with van der Waals surface area (Å²) in [6.07, 6.45) is 7.27. The highest BCUT2D eigenvalue weighted by Crippen LogP contribution is 2.65. The van der Waals surface area contributed by atoms with Crippen molar-refractivity contribution in [1.29, 1.82) is 0 Å². The fraction of sp³-hybridized carbons (Fsp3) is 0.167. The average Bonchev–Trinajstić information content (AvgIpc) is 3.42. The van der Waals surface area contributed by atoms with Gasteiger partial charge in [-0.1, -0.05) is 134 Å². The highest BCUT2D eigenvalue weighted by molar-refractivity contribution is 7.99. The van der Waals surface area contributed by atoms with Gasteiger partial charge in [-0.05, 0) is 128 Å². The molecular formula is C48H39NS. The Labute approximate surface area is 298 Å². The van der Waals surface area contributed by atoms with Crippen LogP contribution in [0.2, 0.25) is 0 Å². The second-order valence-electron chi connectivity index (χ2n) is 14.5. The Hall–Kier alpha value is -5.05. The predicted octanol–water partition coefficient (Wildman–Crippen LogP) is 13.6. The van der Waals surface area contributed by atoms with Crippen molar-refractivity contribution < 1.29 is 0 Å². The molecule has 8 aromatic carbocycles. The second-order valence-corrected chi connectivity index (χ2v) is 15.6.